The molecule has 10 nitrogen and oxygen atoms in total. The first-order valence-electron chi connectivity index (χ1n) is 18.2. The average molecular weight is 673 g/mol. The molecule has 5 aliphatic rings. The Hall–Kier alpha value is -3.40. The van der Waals surface area contributed by atoms with E-state index in [4.69, 9.17) is 4.74 Å². The Morgan fingerprint density at radius 1 is 1.00 bits per heavy atom. The molecule has 4 fully saturated rings. The van der Waals surface area contributed by atoms with Crippen LogP contribution in [0.25, 0.3) is 5.69 Å². The molecule has 1 heterocycles. The lowest BCUT2D eigenvalue weighted by Crippen LogP contribution is -2.66. The van der Waals surface area contributed by atoms with E-state index in [2.05, 4.69) is 51.9 Å². The number of benzene rings is 1. The summed E-state index contributed by atoms with van der Waals surface area (Å²) < 4.78 is 7.43. The van der Waals surface area contributed by atoms with Gasteiger partial charge in [-0.1, -0.05) is 52.3 Å². The first-order chi connectivity index (χ1) is 22.9. The van der Waals surface area contributed by atoms with E-state index < -0.39 is 10.3 Å². The molecule has 0 unspecified atom stereocenters. The lowest BCUT2D eigenvalue weighted by Gasteiger charge is -2.70. The van der Waals surface area contributed by atoms with Gasteiger partial charge >= 0.3 is 5.97 Å². The normalized spacial score (nSPS) is 41.0. The molecule has 4 saturated carbocycles. The van der Waals surface area contributed by atoms with Crippen molar-refractivity contribution in [3.8, 4) is 5.69 Å². The van der Waals surface area contributed by atoms with Crippen molar-refractivity contribution in [2.24, 2.45) is 50.2 Å². The fourth-order valence-electron chi connectivity index (χ4n) is 11.9. The minimum absolute atomic E-state index is 0.00827. The van der Waals surface area contributed by atoms with Crippen LogP contribution in [0.15, 0.2) is 42.1 Å². The van der Waals surface area contributed by atoms with E-state index in [0.717, 1.165) is 51.4 Å². The van der Waals surface area contributed by atoms with Crippen molar-refractivity contribution in [3.05, 3.63) is 57.9 Å². The Balaban J connectivity index is 1.12. The summed E-state index contributed by atoms with van der Waals surface area (Å²) in [5.41, 5.74) is 0.935. The molecule has 7 rings (SSSR count). The summed E-state index contributed by atoms with van der Waals surface area (Å²) in [6.45, 7) is 15.9. The molecule has 0 spiro atoms. The van der Waals surface area contributed by atoms with Crippen molar-refractivity contribution < 1.29 is 24.4 Å². The van der Waals surface area contributed by atoms with Crippen LogP contribution in [0.3, 0.4) is 0 Å². The van der Waals surface area contributed by atoms with Gasteiger partial charge in [-0.3, -0.25) is 19.7 Å². The van der Waals surface area contributed by atoms with E-state index >= 15 is 0 Å². The number of rotatable bonds is 5. The zero-order valence-electron chi connectivity index (χ0n) is 30.1. The first kappa shape index (κ1) is 34.1. The van der Waals surface area contributed by atoms with E-state index in [9.17, 15) is 24.8 Å². The van der Waals surface area contributed by atoms with Crippen molar-refractivity contribution >= 4 is 17.4 Å². The molecule has 10 heteroatoms. The van der Waals surface area contributed by atoms with Crippen LogP contribution < -0.4 is 0 Å². The van der Waals surface area contributed by atoms with Gasteiger partial charge in [0.2, 0.25) is 0 Å². The third kappa shape index (κ3) is 4.89. The highest BCUT2D eigenvalue weighted by atomic mass is 16.6. The van der Waals surface area contributed by atoms with Gasteiger partial charge in [0.1, 0.15) is 12.3 Å². The number of aromatic nitrogens is 3. The highest BCUT2D eigenvalue weighted by molar-refractivity contribution is 5.95. The second-order valence-electron chi connectivity index (χ2n) is 18.1. The van der Waals surface area contributed by atoms with Gasteiger partial charge in [-0.15, -0.1) is 5.10 Å². The van der Waals surface area contributed by atoms with Crippen LogP contribution >= 0.6 is 0 Å². The number of nitro benzene ring substituents is 1. The van der Waals surface area contributed by atoms with Crippen molar-refractivity contribution in [1.82, 2.24) is 15.0 Å². The second kappa shape index (κ2) is 11.0. The van der Waals surface area contributed by atoms with Gasteiger partial charge in [0.25, 0.3) is 5.69 Å². The number of aliphatic hydroxyl groups excluding tert-OH is 1. The minimum Gasteiger partial charge on any atom is -0.459 e. The number of ketones is 1. The molecule has 0 bridgehead atoms. The second-order valence-corrected chi connectivity index (χ2v) is 18.1. The van der Waals surface area contributed by atoms with E-state index in [1.54, 1.807) is 18.3 Å². The van der Waals surface area contributed by atoms with Gasteiger partial charge in [-0.2, -0.15) is 0 Å². The first-order valence-corrected chi connectivity index (χ1v) is 18.2. The van der Waals surface area contributed by atoms with Crippen LogP contribution in [0.5, 0.6) is 0 Å². The third-order valence-electron chi connectivity index (χ3n) is 15.3. The summed E-state index contributed by atoms with van der Waals surface area (Å²) in [6.07, 6.45) is 11.3. The number of aliphatic hydroxyl groups is 1. The predicted molar refractivity (Wildman–Crippen MR) is 183 cm³/mol. The number of non-ortho nitro benzene ring substituents is 1. The third-order valence-corrected chi connectivity index (χ3v) is 15.3. The fraction of sp³-hybridized carbons (Fsp3) is 0.692. The van der Waals surface area contributed by atoms with Gasteiger partial charge in [0, 0.05) is 18.1 Å². The maximum atomic E-state index is 14.6. The van der Waals surface area contributed by atoms with Crippen molar-refractivity contribution in [2.75, 3.05) is 0 Å². The molecule has 2 aromatic rings. The van der Waals surface area contributed by atoms with E-state index in [0.29, 0.717) is 23.7 Å². The molecular weight excluding hydrogens is 620 g/mol. The number of carbonyl (C=O) groups excluding carboxylic acids is 2. The molecule has 0 amide bonds. The quantitative estimate of drug-likeness (QED) is 0.195. The molecule has 1 N–H and O–H groups in total. The topological polar surface area (TPSA) is 137 Å². The number of nitrogens with zero attached hydrogens (tertiary/aromatic N) is 4. The van der Waals surface area contributed by atoms with Crippen LogP contribution in [0.4, 0.5) is 5.69 Å². The Kier molecular flexibility index (Phi) is 7.68. The number of hydrogen-bond donors (Lipinski definition) is 1. The Bertz CT molecular complexity index is 1730. The van der Waals surface area contributed by atoms with E-state index in [-0.39, 0.29) is 69.1 Å². The summed E-state index contributed by atoms with van der Waals surface area (Å²) in [5.74, 6) is 0.321. The van der Waals surface area contributed by atoms with Crippen LogP contribution in [-0.2, 0) is 20.9 Å². The molecule has 5 aliphatic carbocycles. The Morgan fingerprint density at radius 3 is 2.39 bits per heavy atom. The Morgan fingerprint density at radius 2 is 1.69 bits per heavy atom. The summed E-state index contributed by atoms with van der Waals surface area (Å²) in [7, 11) is 0. The van der Waals surface area contributed by atoms with Crippen LogP contribution in [0.2, 0.25) is 0 Å². The van der Waals surface area contributed by atoms with Gasteiger partial charge < -0.3 is 9.84 Å². The van der Waals surface area contributed by atoms with Gasteiger partial charge in [0.15, 0.2) is 5.78 Å². The maximum absolute atomic E-state index is 14.6. The average Bonchev–Trinajstić information content (AvgIpc) is 3.53. The lowest BCUT2D eigenvalue weighted by molar-refractivity contribution is -0.384. The predicted octanol–water partition coefficient (Wildman–Crippen LogP) is 7.56. The van der Waals surface area contributed by atoms with Crippen molar-refractivity contribution in [3.63, 3.8) is 0 Å². The summed E-state index contributed by atoms with van der Waals surface area (Å²) >= 11 is 0. The monoisotopic (exact) mass is 672 g/mol. The number of hydrogen-bond acceptors (Lipinski definition) is 8. The highest BCUT2D eigenvalue weighted by Crippen LogP contribution is 2.75. The van der Waals surface area contributed by atoms with Crippen molar-refractivity contribution in [1.29, 1.82) is 0 Å². The molecule has 49 heavy (non-hydrogen) atoms. The molecule has 0 saturated heterocycles. The smallest absolute Gasteiger partial charge is 0.312 e. The van der Waals surface area contributed by atoms with Gasteiger partial charge in [0.05, 0.1) is 28.3 Å². The Labute approximate surface area is 289 Å². The van der Waals surface area contributed by atoms with Crippen LogP contribution in [0, 0.1) is 60.4 Å². The molecular formula is C39H52N4O6. The van der Waals surface area contributed by atoms with Crippen LogP contribution in [-0.4, -0.2) is 42.9 Å². The number of allylic oxidation sites excluding steroid dienone is 2. The molecule has 264 valence electrons. The molecule has 1 aromatic carbocycles. The molecule has 1 aromatic heterocycles. The van der Waals surface area contributed by atoms with Gasteiger partial charge in [-0.25, -0.2) is 4.68 Å². The lowest BCUT2D eigenvalue weighted by atomic mass is 9.33. The van der Waals surface area contributed by atoms with Crippen molar-refractivity contribution in [2.45, 2.75) is 119 Å². The fourth-order valence-corrected chi connectivity index (χ4v) is 11.9. The molecule has 0 radical (unpaired) electrons. The minimum atomic E-state index is -0.703. The zero-order chi connectivity index (χ0) is 35.4. The summed E-state index contributed by atoms with van der Waals surface area (Å²) in [5, 5.41) is 30.3. The number of nitro groups is 1. The maximum Gasteiger partial charge on any atom is 0.312 e. The standard InChI is InChI=1S/C39H52N4O6/c1-34(2)30-12-15-39(7)32(37(30,5)14-13-31(34)45)29(44)20-27-28-21-36(4,17-16-35(28,3)18-19-38(27,39)6)33(46)49-23-24-22-42(41-40-24)25-8-10-26(11-9-25)43(47)48/h8-11,20,22,28,30-32,45H,12-19,21,23H2,1-7H3/t28-,30-,31-,32+,35+,36-,37-,38+,39+/m0/s1. The molecule has 0 aliphatic heterocycles. The SMILES string of the molecule is CC1(C)[C@@H](O)CC[C@]2(C)[C@H]3C(=O)C=C4[C@@H]5C[C@@](C)(C(=O)OCc6cn(-c7ccc([N+](=O)[O-])cc7)nn6)CC[C@]5(C)CC[C@@]4(C)[C@]3(C)CC[C@@H]12. The molecule has 9 atom stereocenters. The largest absolute Gasteiger partial charge is 0.459 e. The van der Waals surface area contributed by atoms with Crippen LogP contribution in [0.1, 0.15) is 112 Å². The highest BCUT2D eigenvalue weighted by Gasteiger charge is 2.70. The summed E-state index contributed by atoms with van der Waals surface area (Å²) in [4.78, 5) is 39.0. The van der Waals surface area contributed by atoms with E-state index in [1.165, 1.54) is 22.4 Å². The number of ether oxygens (including phenoxy) is 1. The number of fused-ring (bicyclic) bond motifs is 7. The van der Waals surface area contributed by atoms with Gasteiger partial charge in [-0.05, 0) is 122 Å². The number of carbonyl (C=O) groups is 2. The number of esters is 1. The summed E-state index contributed by atoms with van der Waals surface area (Å²) in [6, 6.07) is 6.02. The zero-order valence-corrected chi connectivity index (χ0v) is 30.1. The van der Waals surface area contributed by atoms with E-state index in [1.807, 2.05) is 13.0 Å².